The number of piperidine rings is 1. The van der Waals surface area contributed by atoms with Gasteiger partial charge in [0.15, 0.2) is 11.6 Å². The van der Waals surface area contributed by atoms with Crippen molar-refractivity contribution in [1.82, 2.24) is 14.5 Å². The zero-order valence-electron chi connectivity index (χ0n) is 21.1. The molecule has 1 unspecified atom stereocenters. The summed E-state index contributed by atoms with van der Waals surface area (Å²) in [7, 11) is 0. The van der Waals surface area contributed by atoms with E-state index in [0.717, 1.165) is 44.2 Å². The second kappa shape index (κ2) is 9.84. The number of halogens is 2. The number of benzene rings is 1. The minimum absolute atomic E-state index is 0.00961. The van der Waals surface area contributed by atoms with Gasteiger partial charge in [0.25, 0.3) is 5.56 Å². The van der Waals surface area contributed by atoms with Gasteiger partial charge in [0.05, 0.1) is 29.4 Å². The van der Waals surface area contributed by atoms with Gasteiger partial charge in [0, 0.05) is 30.5 Å². The fraction of sp³-hybridized carbons (Fsp3) is 0.679. The Bertz CT molecular complexity index is 1190. The molecule has 2 heterocycles. The average molecular weight is 502 g/mol. The molecular formula is C28H37F2N3O3. The third-order valence-corrected chi connectivity index (χ3v) is 9.28. The van der Waals surface area contributed by atoms with E-state index >= 15 is 0 Å². The van der Waals surface area contributed by atoms with Gasteiger partial charge in [0.1, 0.15) is 0 Å². The van der Waals surface area contributed by atoms with Gasteiger partial charge in [-0.05, 0) is 37.7 Å². The highest BCUT2D eigenvalue weighted by atomic mass is 19.2. The standard InChI is InChI=1S/C28H37F2N3O3/c1-19(13-20-7-3-2-4-8-20)25(34)32-12-11-28(36,27(16-32)9-5-6-10-27)17-33-18-31-24-15-23(30)22(29)14-21(24)26(33)35/h14-15,18-20,36H,2-13,16-17H2,1H3/t19-,28?/m1/s1. The monoisotopic (exact) mass is 501 g/mol. The summed E-state index contributed by atoms with van der Waals surface area (Å²) >= 11 is 0. The van der Waals surface area contributed by atoms with Crippen LogP contribution in [0.3, 0.4) is 0 Å². The Labute approximate surface area is 210 Å². The molecule has 1 N–H and O–H groups in total. The highest BCUT2D eigenvalue weighted by Gasteiger charge is 2.55. The van der Waals surface area contributed by atoms with Crippen molar-refractivity contribution in [3.63, 3.8) is 0 Å². The third-order valence-electron chi connectivity index (χ3n) is 9.28. The number of aromatic nitrogens is 2. The minimum Gasteiger partial charge on any atom is -0.387 e. The molecule has 1 aromatic carbocycles. The first-order valence-corrected chi connectivity index (χ1v) is 13.6. The van der Waals surface area contributed by atoms with Gasteiger partial charge in [-0.15, -0.1) is 0 Å². The van der Waals surface area contributed by atoms with Crippen molar-refractivity contribution in [2.45, 2.75) is 89.7 Å². The van der Waals surface area contributed by atoms with Crippen LogP contribution in [-0.2, 0) is 11.3 Å². The van der Waals surface area contributed by atoms with Crippen LogP contribution < -0.4 is 5.56 Å². The molecule has 3 aliphatic rings. The molecule has 5 rings (SSSR count). The number of hydrogen-bond acceptors (Lipinski definition) is 4. The van der Waals surface area contributed by atoms with Crippen molar-refractivity contribution in [2.75, 3.05) is 13.1 Å². The van der Waals surface area contributed by atoms with Crippen LogP contribution in [0.25, 0.3) is 10.9 Å². The van der Waals surface area contributed by atoms with E-state index in [9.17, 15) is 23.5 Å². The summed E-state index contributed by atoms with van der Waals surface area (Å²) in [6.45, 7) is 3.00. The van der Waals surface area contributed by atoms with Crippen LogP contribution in [-0.4, -0.2) is 44.2 Å². The Kier molecular flexibility index (Phi) is 6.92. The van der Waals surface area contributed by atoms with E-state index in [1.165, 1.54) is 43.0 Å². The quantitative estimate of drug-likeness (QED) is 0.638. The summed E-state index contributed by atoms with van der Waals surface area (Å²) in [4.78, 5) is 32.7. The summed E-state index contributed by atoms with van der Waals surface area (Å²) in [5.74, 6) is -1.37. The Morgan fingerprint density at radius 3 is 2.53 bits per heavy atom. The second-order valence-corrected chi connectivity index (χ2v) is 11.6. The van der Waals surface area contributed by atoms with E-state index in [1.807, 2.05) is 11.8 Å². The van der Waals surface area contributed by atoms with Crippen LogP contribution in [0.2, 0.25) is 0 Å². The van der Waals surface area contributed by atoms with Crippen LogP contribution in [0, 0.1) is 28.9 Å². The first-order chi connectivity index (χ1) is 17.2. The lowest BCUT2D eigenvalue weighted by molar-refractivity contribution is -0.163. The lowest BCUT2D eigenvalue weighted by Crippen LogP contribution is -2.62. The Morgan fingerprint density at radius 2 is 1.81 bits per heavy atom. The molecule has 0 bridgehead atoms. The number of rotatable bonds is 5. The maximum absolute atomic E-state index is 13.8. The Balaban J connectivity index is 1.36. The predicted molar refractivity (Wildman–Crippen MR) is 133 cm³/mol. The second-order valence-electron chi connectivity index (χ2n) is 11.6. The smallest absolute Gasteiger partial charge is 0.261 e. The Hall–Kier alpha value is -2.35. The van der Waals surface area contributed by atoms with E-state index in [0.29, 0.717) is 25.4 Å². The van der Waals surface area contributed by atoms with Crippen molar-refractivity contribution in [3.05, 3.63) is 40.4 Å². The van der Waals surface area contributed by atoms with E-state index in [-0.39, 0.29) is 29.3 Å². The maximum atomic E-state index is 13.8. The van der Waals surface area contributed by atoms with Crippen LogP contribution in [0.1, 0.15) is 77.6 Å². The van der Waals surface area contributed by atoms with Crippen molar-refractivity contribution in [1.29, 1.82) is 0 Å². The van der Waals surface area contributed by atoms with Crippen LogP contribution in [0.4, 0.5) is 8.78 Å². The molecule has 196 valence electrons. The van der Waals surface area contributed by atoms with E-state index in [4.69, 9.17) is 0 Å². The molecule has 3 fully saturated rings. The molecule has 6 nitrogen and oxygen atoms in total. The van der Waals surface area contributed by atoms with Gasteiger partial charge in [-0.2, -0.15) is 0 Å². The molecule has 1 aromatic heterocycles. The zero-order valence-corrected chi connectivity index (χ0v) is 21.1. The third kappa shape index (κ3) is 4.57. The molecule has 1 spiro atoms. The van der Waals surface area contributed by atoms with E-state index in [2.05, 4.69) is 4.98 Å². The molecule has 2 aromatic rings. The van der Waals surface area contributed by atoms with Gasteiger partial charge in [0.2, 0.25) is 5.91 Å². The molecule has 1 aliphatic heterocycles. The highest BCUT2D eigenvalue weighted by Crippen LogP contribution is 2.51. The van der Waals surface area contributed by atoms with Gasteiger partial charge in [-0.1, -0.05) is 51.9 Å². The zero-order chi connectivity index (χ0) is 25.5. The van der Waals surface area contributed by atoms with E-state index < -0.39 is 28.2 Å². The van der Waals surface area contributed by atoms with Gasteiger partial charge < -0.3 is 10.0 Å². The average Bonchev–Trinajstić information content (AvgIpc) is 3.34. The molecule has 8 heteroatoms. The van der Waals surface area contributed by atoms with Crippen LogP contribution >= 0.6 is 0 Å². The first-order valence-electron chi connectivity index (χ1n) is 13.6. The first kappa shape index (κ1) is 25.3. The summed E-state index contributed by atoms with van der Waals surface area (Å²) in [5, 5.41) is 12.0. The van der Waals surface area contributed by atoms with Crippen molar-refractivity contribution in [2.24, 2.45) is 17.3 Å². The molecule has 1 amide bonds. The van der Waals surface area contributed by atoms with Crippen molar-refractivity contribution >= 4 is 16.8 Å². The van der Waals surface area contributed by atoms with Gasteiger partial charge in [-0.25, -0.2) is 13.8 Å². The molecule has 1 saturated heterocycles. The normalized spacial score (nSPS) is 25.5. The molecule has 2 saturated carbocycles. The fourth-order valence-corrected chi connectivity index (χ4v) is 7.17. The SMILES string of the molecule is C[C@H](CC1CCCCC1)C(=O)N1CCC(O)(Cn2cnc3cc(F)c(F)cc3c2=O)C2(CCCC2)C1. The summed E-state index contributed by atoms with van der Waals surface area (Å²) < 4.78 is 28.8. The van der Waals surface area contributed by atoms with Gasteiger partial charge in [-0.3, -0.25) is 14.2 Å². The number of hydrogen-bond donors (Lipinski definition) is 1. The molecular weight excluding hydrogens is 464 g/mol. The number of fused-ring (bicyclic) bond motifs is 1. The number of nitrogens with zero attached hydrogens (tertiary/aromatic N) is 3. The minimum atomic E-state index is -1.19. The molecule has 36 heavy (non-hydrogen) atoms. The summed E-state index contributed by atoms with van der Waals surface area (Å²) in [6.07, 6.45) is 12.4. The predicted octanol–water partition coefficient (Wildman–Crippen LogP) is 4.81. The van der Waals surface area contributed by atoms with Gasteiger partial charge >= 0.3 is 0 Å². The lowest BCUT2D eigenvalue weighted by Gasteiger charge is -2.52. The van der Waals surface area contributed by atoms with Crippen LogP contribution in [0.5, 0.6) is 0 Å². The number of carbonyl (C=O) groups is 1. The maximum Gasteiger partial charge on any atom is 0.261 e. The number of aliphatic hydroxyl groups is 1. The fourth-order valence-electron chi connectivity index (χ4n) is 7.17. The molecule has 2 aliphatic carbocycles. The number of carbonyl (C=O) groups excluding carboxylic acids is 1. The molecule has 2 atom stereocenters. The summed E-state index contributed by atoms with van der Waals surface area (Å²) in [5.41, 5.74) is -2.09. The summed E-state index contributed by atoms with van der Waals surface area (Å²) in [6, 6.07) is 1.79. The van der Waals surface area contributed by atoms with Crippen LogP contribution in [0.15, 0.2) is 23.3 Å². The largest absolute Gasteiger partial charge is 0.387 e. The highest BCUT2D eigenvalue weighted by molar-refractivity contribution is 5.79. The number of likely N-dealkylation sites (tertiary alicyclic amines) is 1. The lowest BCUT2D eigenvalue weighted by atomic mass is 9.65. The van der Waals surface area contributed by atoms with E-state index in [1.54, 1.807) is 0 Å². The van der Waals surface area contributed by atoms with Crippen molar-refractivity contribution < 1.29 is 18.7 Å². The topological polar surface area (TPSA) is 75.4 Å². The Morgan fingerprint density at radius 1 is 1.11 bits per heavy atom. The number of amides is 1. The molecule has 0 radical (unpaired) electrons. The van der Waals surface area contributed by atoms with Crippen molar-refractivity contribution in [3.8, 4) is 0 Å².